The first-order valence-corrected chi connectivity index (χ1v) is 8.07. The van der Waals surface area contributed by atoms with Gasteiger partial charge in [0.15, 0.2) is 0 Å². The summed E-state index contributed by atoms with van der Waals surface area (Å²) < 4.78 is 10.7. The summed E-state index contributed by atoms with van der Waals surface area (Å²) in [6.07, 6.45) is 6.60. The van der Waals surface area contributed by atoms with E-state index in [0.717, 1.165) is 37.3 Å². The average molecular weight is 326 g/mol. The summed E-state index contributed by atoms with van der Waals surface area (Å²) in [6.45, 7) is 3.58. The fraction of sp³-hybridized carbons (Fsp3) is 0.438. The molecule has 4 heterocycles. The van der Waals surface area contributed by atoms with Crippen molar-refractivity contribution in [3.63, 3.8) is 0 Å². The zero-order valence-electron chi connectivity index (χ0n) is 13.4. The van der Waals surface area contributed by atoms with Crippen molar-refractivity contribution in [2.24, 2.45) is 0 Å². The van der Waals surface area contributed by atoms with Crippen LogP contribution < -0.4 is 0 Å². The smallest absolute Gasteiger partial charge is 0.244 e. The average Bonchev–Trinajstić information content (AvgIpc) is 3.26. The van der Waals surface area contributed by atoms with Crippen LogP contribution in [-0.2, 0) is 6.54 Å². The number of piperidine rings is 1. The second-order valence-corrected chi connectivity index (χ2v) is 5.94. The van der Waals surface area contributed by atoms with Gasteiger partial charge in [0.25, 0.3) is 0 Å². The third kappa shape index (κ3) is 3.05. The summed E-state index contributed by atoms with van der Waals surface area (Å²) >= 11 is 0. The Labute approximate surface area is 138 Å². The molecule has 0 bridgehead atoms. The summed E-state index contributed by atoms with van der Waals surface area (Å²) in [5, 5.41) is 8.12. The standard InChI is InChI=1S/C16H18N6O2/c1-11-9-12(20-23-11)10-22-8-3-2-5-13(22)16-19-15(21-24-16)14-17-6-4-7-18-14/h4,6-7,9,13H,2-3,5,8,10H2,1H3/t13-/m1/s1. The van der Waals surface area contributed by atoms with Gasteiger partial charge in [-0.2, -0.15) is 4.98 Å². The number of rotatable bonds is 4. The fourth-order valence-corrected chi connectivity index (χ4v) is 3.04. The predicted octanol–water partition coefficient (Wildman–Crippen LogP) is 2.55. The van der Waals surface area contributed by atoms with Gasteiger partial charge < -0.3 is 9.05 Å². The van der Waals surface area contributed by atoms with E-state index in [0.29, 0.717) is 24.1 Å². The molecule has 1 fully saturated rings. The van der Waals surface area contributed by atoms with Crippen molar-refractivity contribution < 1.29 is 9.05 Å². The van der Waals surface area contributed by atoms with Crippen LogP contribution in [0.3, 0.4) is 0 Å². The van der Waals surface area contributed by atoms with E-state index in [4.69, 9.17) is 9.05 Å². The molecule has 1 aliphatic rings. The first kappa shape index (κ1) is 14.9. The van der Waals surface area contributed by atoms with Crippen molar-refractivity contribution in [2.45, 2.75) is 38.8 Å². The minimum atomic E-state index is 0.0840. The summed E-state index contributed by atoms with van der Waals surface area (Å²) in [6, 6.07) is 3.80. The number of likely N-dealkylation sites (tertiary alicyclic amines) is 1. The zero-order chi connectivity index (χ0) is 16.4. The minimum Gasteiger partial charge on any atom is -0.361 e. The summed E-state index contributed by atoms with van der Waals surface area (Å²) in [7, 11) is 0. The van der Waals surface area contributed by atoms with Crippen LogP contribution in [0.2, 0.25) is 0 Å². The Morgan fingerprint density at radius 3 is 2.79 bits per heavy atom. The number of hydrogen-bond acceptors (Lipinski definition) is 8. The Morgan fingerprint density at radius 1 is 1.12 bits per heavy atom. The highest BCUT2D eigenvalue weighted by molar-refractivity contribution is 5.40. The maximum absolute atomic E-state index is 5.51. The molecular formula is C16H18N6O2. The lowest BCUT2D eigenvalue weighted by atomic mass is 10.0. The van der Waals surface area contributed by atoms with Crippen LogP contribution in [0.25, 0.3) is 11.6 Å². The Balaban J connectivity index is 1.55. The highest BCUT2D eigenvalue weighted by Gasteiger charge is 2.29. The van der Waals surface area contributed by atoms with Gasteiger partial charge >= 0.3 is 0 Å². The van der Waals surface area contributed by atoms with E-state index >= 15 is 0 Å². The van der Waals surface area contributed by atoms with Gasteiger partial charge in [-0.3, -0.25) is 4.90 Å². The Bertz CT molecular complexity index is 800. The van der Waals surface area contributed by atoms with Gasteiger partial charge in [0, 0.05) is 25.0 Å². The van der Waals surface area contributed by atoms with E-state index < -0.39 is 0 Å². The third-order valence-electron chi connectivity index (χ3n) is 4.15. The molecule has 1 saturated heterocycles. The number of nitrogens with zero attached hydrogens (tertiary/aromatic N) is 6. The minimum absolute atomic E-state index is 0.0840. The van der Waals surface area contributed by atoms with Crippen LogP contribution in [0.15, 0.2) is 33.6 Å². The van der Waals surface area contributed by atoms with Gasteiger partial charge in [0.05, 0.1) is 11.7 Å². The van der Waals surface area contributed by atoms with Gasteiger partial charge in [0.2, 0.25) is 17.5 Å². The first-order chi connectivity index (χ1) is 11.8. The highest BCUT2D eigenvalue weighted by Crippen LogP contribution is 2.31. The van der Waals surface area contributed by atoms with Crippen LogP contribution in [0.1, 0.15) is 42.6 Å². The number of aromatic nitrogens is 5. The molecule has 0 saturated carbocycles. The Kier molecular flexibility index (Phi) is 4.04. The molecule has 124 valence electrons. The first-order valence-electron chi connectivity index (χ1n) is 8.07. The molecule has 0 radical (unpaired) electrons. The van der Waals surface area contributed by atoms with Crippen molar-refractivity contribution in [2.75, 3.05) is 6.54 Å². The lowest BCUT2D eigenvalue weighted by Gasteiger charge is -2.32. The van der Waals surface area contributed by atoms with E-state index in [1.165, 1.54) is 0 Å². The van der Waals surface area contributed by atoms with Gasteiger partial charge in [-0.15, -0.1) is 0 Å². The van der Waals surface area contributed by atoms with Crippen LogP contribution in [0.5, 0.6) is 0 Å². The van der Waals surface area contributed by atoms with Crippen molar-refractivity contribution >= 4 is 0 Å². The zero-order valence-corrected chi connectivity index (χ0v) is 13.4. The van der Waals surface area contributed by atoms with Crippen LogP contribution in [-0.4, -0.2) is 36.7 Å². The summed E-state index contributed by atoms with van der Waals surface area (Å²) in [5.74, 6) is 2.33. The molecule has 24 heavy (non-hydrogen) atoms. The molecular weight excluding hydrogens is 308 g/mol. The van der Waals surface area contributed by atoms with E-state index in [2.05, 4.69) is 30.2 Å². The van der Waals surface area contributed by atoms with E-state index in [-0.39, 0.29) is 6.04 Å². The Morgan fingerprint density at radius 2 is 2.00 bits per heavy atom. The lowest BCUT2D eigenvalue weighted by molar-refractivity contribution is 0.109. The molecule has 3 aromatic heterocycles. The summed E-state index contributed by atoms with van der Waals surface area (Å²) in [5.41, 5.74) is 0.922. The maximum atomic E-state index is 5.51. The third-order valence-corrected chi connectivity index (χ3v) is 4.15. The molecule has 8 heteroatoms. The molecule has 0 unspecified atom stereocenters. The van der Waals surface area contributed by atoms with Crippen LogP contribution >= 0.6 is 0 Å². The lowest BCUT2D eigenvalue weighted by Crippen LogP contribution is -2.33. The van der Waals surface area contributed by atoms with Gasteiger partial charge in [-0.25, -0.2) is 9.97 Å². The molecule has 0 aromatic carbocycles. The predicted molar refractivity (Wildman–Crippen MR) is 83.6 cm³/mol. The van der Waals surface area contributed by atoms with Crippen molar-refractivity contribution in [3.8, 4) is 11.6 Å². The quantitative estimate of drug-likeness (QED) is 0.722. The van der Waals surface area contributed by atoms with Gasteiger partial charge in [-0.1, -0.05) is 16.7 Å². The topological polar surface area (TPSA) is 94.0 Å². The molecule has 1 aliphatic heterocycles. The normalized spacial score (nSPS) is 18.8. The van der Waals surface area contributed by atoms with Crippen molar-refractivity contribution in [3.05, 3.63) is 41.9 Å². The van der Waals surface area contributed by atoms with E-state index in [1.807, 2.05) is 13.0 Å². The van der Waals surface area contributed by atoms with E-state index in [9.17, 15) is 0 Å². The largest absolute Gasteiger partial charge is 0.361 e. The highest BCUT2D eigenvalue weighted by atomic mass is 16.5. The van der Waals surface area contributed by atoms with Crippen molar-refractivity contribution in [1.29, 1.82) is 0 Å². The molecule has 0 aliphatic carbocycles. The molecule has 0 spiro atoms. The van der Waals surface area contributed by atoms with Gasteiger partial charge in [-0.05, 0) is 32.4 Å². The Hall–Kier alpha value is -2.61. The molecule has 8 nitrogen and oxygen atoms in total. The van der Waals surface area contributed by atoms with Gasteiger partial charge in [0.1, 0.15) is 5.76 Å². The van der Waals surface area contributed by atoms with Crippen LogP contribution in [0.4, 0.5) is 0 Å². The molecule has 1 atom stereocenters. The molecule has 0 amide bonds. The molecule has 3 aromatic rings. The fourth-order valence-electron chi connectivity index (χ4n) is 3.04. The SMILES string of the molecule is Cc1cc(CN2CCCC[C@@H]2c2nc(-c3ncccn3)no2)no1. The van der Waals surface area contributed by atoms with E-state index in [1.54, 1.807) is 18.5 Å². The van der Waals surface area contributed by atoms with Crippen molar-refractivity contribution in [1.82, 2.24) is 30.2 Å². The molecule has 4 rings (SSSR count). The second kappa shape index (κ2) is 6.48. The second-order valence-electron chi connectivity index (χ2n) is 5.94. The molecule has 0 N–H and O–H groups in total. The monoisotopic (exact) mass is 326 g/mol. The number of aryl methyl sites for hydroxylation is 1. The maximum Gasteiger partial charge on any atom is 0.244 e. The number of hydrogen-bond donors (Lipinski definition) is 0. The summed E-state index contributed by atoms with van der Waals surface area (Å²) in [4.78, 5) is 15.2. The van der Waals surface area contributed by atoms with Crippen LogP contribution in [0, 0.1) is 6.92 Å².